The molecule has 0 radical (unpaired) electrons. The van der Waals surface area contributed by atoms with Crippen molar-refractivity contribution in [3.63, 3.8) is 0 Å². The first kappa shape index (κ1) is 22.0. The van der Waals surface area contributed by atoms with Crippen LogP contribution in [0.3, 0.4) is 0 Å². The van der Waals surface area contributed by atoms with Gasteiger partial charge in [0.2, 0.25) is 0 Å². The fourth-order valence-corrected chi connectivity index (χ4v) is 5.00. The summed E-state index contributed by atoms with van der Waals surface area (Å²) in [6.45, 7) is 0. The minimum absolute atomic E-state index is 0.0422. The summed E-state index contributed by atoms with van der Waals surface area (Å²) >= 11 is 1.32. The van der Waals surface area contributed by atoms with Crippen LogP contribution >= 0.6 is 11.3 Å². The molecule has 9 nitrogen and oxygen atoms in total. The van der Waals surface area contributed by atoms with Gasteiger partial charge >= 0.3 is 0 Å². The third-order valence-electron chi connectivity index (χ3n) is 5.29. The van der Waals surface area contributed by atoms with Gasteiger partial charge in [-0.1, -0.05) is 0 Å². The predicted molar refractivity (Wildman–Crippen MR) is 122 cm³/mol. The number of fused-ring (bicyclic) bond motifs is 1. The third kappa shape index (κ3) is 4.53. The van der Waals surface area contributed by atoms with Gasteiger partial charge in [-0.2, -0.15) is 5.26 Å². The number of rotatable bonds is 6. The van der Waals surface area contributed by atoms with E-state index in [2.05, 4.69) is 5.32 Å². The van der Waals surface area contributed by atoms with Gasteiger partial charge in [0.05, 0.1) is 10.5 Å². The third-order valence-corrected chi connectivity index (χ3v) is 6.49. The fraction of sp³-hybridized carbons (Fsp3) is 0.174. The van der Waals surface area contributed by atoms with Gasteiger partial charge < -0.3 is 15.5 Å². The van der Waals surface area contributed by atoms with E-state index in [-0.39, 0.29) is 17.0 Å². The summed E-state index contributed by atoms with van der Waals surface area (Å²) in [6.07, 6.45) is 4.82. The van der Waals surface area contributed by atoms with E-state index in [9.17, 15) is 25.0 Å². The molecule has 3 aromatic rings. The molecule has 3 N–H and O–H groups in total. The summed E-state index contributed by atoms with van der Waals surface area (Å²) in [6, 6.07) is 10.9. The molecule has 0 atom stereocenters. The molecule has 0 fully saturated rings. The zero-order valence-electron chi connectivity index (χ0n) is 17.3. The number of benzene rings is 1. The molecule has 166 valence electrons. The van der Waals surface area contributed by atoms with Crippen molar-refractivity contribution in [2.24, 2.45) is 5.73 Å². The van der Waals surface area contributed by atoms with Crippen molar-refractivity contribution in [3.8, 4) is 17.4 Å². The van der Waals surface area contributed by atoms with E-state index in [1.807, 2.05) is 6.07 Å². The highest BCUT2D eigenvalue weighted by molar-refractivity contribution is 7.17. The van der Waals surface area contributed by atoms with Crippen LogP contribution in [-0.2, 0) is 17.6 Å². The molecule has 0 saturated heterocycles. The van der Waals surface area contributed by atoms with Crippen LogP contribution in [0.1, 0.15) is 39.4 Å². The number of carbonyl (C=O) groups excluding carboxylic acids is 2. The first-order valence-corrected chi connectivity index (χ1v) is 10.9. The fourth-order valence-electron chi connectivity index (χ4n) is 3.71. The Kier molecular flexibility index (Phi) is 6.06. The standard InChI is InChI=1S/C23H18N4O5S/c24-12-14(11-16-9-10-18(32-16)13-5-7-15(8-6-13)27(30)31)22(29)26-23-20(21(25)28)17-3-1-2-4-19(17)33-23/h5-11H,1-4H2,(H2,25,28)(H,26,29)/b14-11+. The normalized spacial score (nSPS) is 13.1. The molecule has 1 aliphatic carbocycles. The number of furan rings is 1. The summed E-state index contributed by atoms with van der Waals surface area (Å²) in [4.78, 5) is 36.1. The summed E-state index contributed by atoms with van der Waals surface area (Å²) in [5, 5.41) is 23.3. The average molecular weight is 462 g/mol. The van der Waals surface area contributed by atoms with Crippen molar-refractivity contribution < 1.29 is 18.9 Å². The van der Waals surface area contributed by atoms with Gasteiger partial charge in [0, 0.05) is 28.6 Å². The smallest absolute Gasteiger partial charge is 0.269 e. The number of nitrogens with one attached hydrogen (secondary N) is 1. The van der Waals surface area contributed by atoms with Gasteiger partial charge in [0.1, 0.15) is 28.2 Å². The second kappa shape index (κ2) is 9.10. The molecular weight excluding hydrogens is 444 g/mol. The molecule has 2 amide bonds. The highest BCUT2D eigenvalue weighted by atomic mass is 32.1. The Balaban J connectivity index is 1.56. The number of hydrogen-bond donors (Lipinski definition) is 2. The number of nitrogens with zero attached hydrogens (tertiary/aromatic N) is 2. The van der Waals surface area contributed by atoms with Gasteiger partial charge in [-0.15, -0.1) is 11.3 Å². The monoisotopic (exact) mass is 462 g/mol. The highest BCUT2D eigenvalue weighted by Gasteiger charge is 2.25. The maximum atomic E-state index is 12.8. The maximum absolute atomic E-state index is 12.8. The van der Waals surface area contributed by atoms with Crippen LogP contribution in [0.2, 0.25) is 0 Å². The number of nitrogens with two attached hydrogens (primary N) is 1. The van der Waals surface area contributed by atoms with E-state index in [0.717, 1.165) is 36.1 Å². The van der Waals surface area contributed by atoms with Crippen molar-refractivity contribution in [3.05, 3.63) is 73.8 Å². The van der Waals surface area contributed by atoms with E-state index in [4.69, 9.17) is 10.2 Å². The molecule has 10 heteroatoms. The van der Waals surface area contributed by atoms with Crippen molar-refractivity contribution >= 4 is 39.9 Å². The van der Waals surface area contributed by atoms with Crippen molar-refractivity contribution in [2.75, 3.05) is 5.32 Å². The number of carbonyl (C=O) groups is 2. The SMILES string of the molecule is N#C/C(=C\c1ccc(-c2ccc([N+](=O)[O-])cc2)o1)C(=O)Nc1sc2c(c1C(N)=O)CCCC2. The second-order valence-corrected chi connectivity index (χ2v) is 8.51. The lowest BCUT2D eigenvalue weighted by Crippen LogP contribution is -2.19. The first-order valence-electron chi connectivity index (χ1n) is 10.1. The van der Waals surface area contributed by atoms with Crippen LogP contribution in [0.4, 0.5) is 10.7 Å². The number of aryl methyl sites for hydroxylation is 1. The van der Waals surface area contributed by atoms with Gasteiger partial charge in [-0.05, 0) is 55.5 Å². The number of nitro benzene ring substituents is 1. The highest BCUT2D eigenvalue weighted by Crippen LogP contribution is 2.38. The van der Waals surface area contributed by atoms with Gasteiger partial charge in [-0.25, -0.2) is 0 Å². The Morgan fingerprint density at radius 3 is 2.58 bits per heavy atom. The summed E-state index contributed by atoms with van der Waals surface area (Å²) < 4.78 is 5.68. The lowest BCUT2D eigenvalue weighted by atomic mass is 9.95. The molecule has 1 aliphatic rings. The number of thiophene rings is 1. The van der Waals surface area contributed by atoms with Crippen LogP contribution in [0.5, 0.6) is 0 Å². The molecule has 33 heavy (non-hydrogen) atoms. The zero-order chi connectivity index (χ0) is 23.5. The quantitative estimate of drug-likeness (QED) is 0.239. The van der Waals surface area contributed by atoms with Crippen molar-refractivity contribution in [1.82, 2.24) is 0 Å². The van der Waals surface area contributed by atoms with E-state index in [1.54, 1.807) is 24.3 Å². The molecule has 0 bridgehead atoms. The van der Waals surface area contributed by atoms with E-state index in [1.165, 1.54) is 29.5 Å². The Labute approximate surface area is 192 Å². The first-order chi connectivity index (χ1) is 15.9. The summed E-state index contributed by atoms with van der Waals surface area (Å²) in [7, 11) is 0. The average Bonchev–Trinajstić information content (AvgIpc) is 3.41. The molecule has 0 unspecified atom stereocenters. The van der Waals surface area contributed by atoms with E-state index in [0.29, 0.717) is 21.9 Å². The van der Waals surface area contributed by atoms with Crippen molar-refractivity contribution in [2.45, 2.75) is 25.7 Å². The molecule has 4 rings (SSSR count). The van der Waals surface area contributed by atoms with Crippen LogP contribution in [0, 0.1) is 21.4 Å². The molecule has 0 saturated carbocycles. The predicted octanol–water partition coefficient (Wildman–Crippen LogP) is 4.44. The largest absolute Gasteiger partial charge is 0.457 e. The number of primary amides is 1. The maximum Gasteiger partial charge on any atom is 0.269 e. The molecule has 0 spiro atoms. The lowest BCUT2D eigenvalue weighted by Gasteiger charge is -2.11. The van der Waals surface area contributed by atoms with Crippen LogP contribution < -0.4 is 11.1 Å². The van der Waals surface area contributed by atoms with Gasteiger partial charge in [0.25, 0.3) is 17.5 Å². The number of hydrogen-bond acceptors (Lipinski definition) is 7. The minimum Gasteiger partial charge on any atom is -0.457 e. The summed E-state index contributed by atoms with van der Waals surface area (Å²) in [5.41, 5.74) is 7.12. The molecule has 1 aromatic carbocycles. The Morgan fingerprint density at radius 2 is 1.91 bits per heavy atom. The van der Waals surface area contributed by atoms with Crippen LogP contribution in [0.15, 0.2) is 46.4 Å². The van der Waals surface area contributed by atoms with Crippen LogP contribution in [-0.4, -0.2) is 16.7 Å². The lowest BCUT2D eigenvalue weighted by molar-refractivity contribution is -0.384. The Bertz CT molecular complexity index is 1330. The molecule has 2 heterocycles. The number of anilines is 1. The minimum atomic E-state index is -0.674. The van der Waals surface area contributed by atoms with Crippen LogP contribution in [0.25, 0.3) is 17.4 Å². The second-order valence-electron chi connectivity index (χ2n) is 7.41. The summed E-state index contributed by atoms with van der Waals surface area (Å²) in [5.74, 6) is -0.593. The van der Waals surface area contributed by atoms with E-state index < -0.39 is 16.7 Å². The number of non-ortho nitro benzene ring substituents is 1. The molecular formula is C23H18N4O5S. The number of nitriles is 1. The number of nitro groups is 1. The Hall–Kier alpha value is -4.23. The topological polar surface area (TPSA) is 152 Å². The van der Waals surface area contributed by atoms with Gasteiger partial charge in [-0.3, -0.25) is 19.7 Å². The zero-order valence-corrected chi connectivity index (χ0v) is 18.1. The van der Waals surface area contributed by atoms with E-state index >= 15 is 0 Å². The number of amides is 2. The van der Waals surface area contributed by atoms with Gasteiger partial charge in [0.15, 0.2) is 0 Å². The van der Waals surface area contributed by atoms with Crippen molar-refractivity contribution in [1.29, 1.82) is 5.26 Å². The molecule has 0 aliphatic heterocycles. The molecule has 2 aromatic heterocycles. The Morgan fingerprint density at radius 1 is 1.18 bits per heavy atom.